The van der Waals surface area contributed by atoms with Crippen LogP contribution in [0, 0.1) is 13.8 Å². The molecule has 0 aliphatic carbocycles. The van der Waals surface area contributed by atoms with Crippen molar-refractivity contribution in [3.63, 3.8) is 0 Å². The van der Waals surface area contributed by atoms with Crippen molar-refractivity contribution in [2.24, 2.45) is 0 Å². The van der Waals surface area contributed by atoms with Gasteiger partial charge in [-0.25, -0.2) is 14.8 Å². The van der Waals surface area contributed by atoms with E-state index in [1.165, 1.54) is 6.26 Å². The molecule has 218 valence electrons. The van der Waals surface area contributed by atoms with Crippen molar-refractivity contribution >= 4 is 5.97 Å². The first-order valence-electron chi connectivity index (χ1n) is 13.3. The normalized spacial score (nSPS) is 12.0. The van der Waals surface area contributed by atoms with Crippen molar-refractivity contribution in [2.45, 2.75) is 32.0 Å². The number of allylic oxidation sites excluding steroid dienone is 1. The predicted molar refractivity (Wildman–Crippen MR) is 157 cm³/mol. The number of hydrogen-bond acceptors (Lipinski definition) is 8. The van der Waals surface area contributed by atoms with Crippen LogP contribution >= 0.6 is 0 Å². The van der Waals surface area contributed by atoms with Gasteiger partial charge in [0.2, 0.25) is 17.5 Å². The average molecular weight is 571 g/mol. The van der Waals surface area contributed by atoms with E-state index in [1.807, 2.05) is 72.8 Å². The van der Waals surface area contributed by atoms with Crippen LogP contribution in [0.3, 0.4) is 0 Å². The molecule has 0 fully saturated rings. The lowest BCUT2D eigenvalue weighted by Crippen LogP contribution is -2.50. The minimum Gasteiger partial charge on any atom is -0.493 e. The molecule has 9 nitrogen and oxygen atoms in total. The molecule has 3 aromatic carbocycles. The Bertz CT molecular complexity index is 1440. The number of aromatic nitrogens is 2. The molecule has 1 atom stereocenters. The van der Waals surface area contributed by atoms with Gasteiger partial charge < -0.3 is 28.8 Å². The third-order valence-electron chi connectivity index (χ3n) is 6.61. The van der Waals surface area contributed by atoms with E-state index in [2.05, 4.69) is 9.97 Å². The van der Waals surface area contributed by atoms with Gasteiger partial charge in [-0.1, -0.05) is 60.7 Å². The summed E-state index contributed by atoms with van der Waals surface area (Å²) in [5.41, 5.74) is 1.71. The number of aliphatic carboxylic acids is 1. The maximum absolute atomic E-state index is 13.0. The topological polar surface area (TPSA) is 109 Å². The molecule has 1 heterocycles. The number of benzene rings is 3. The Hall–Kier alpha value is -5.05. The van der Waals surface area contributed by atoms with Crippen molar-refractivity contribution in [3.8, 4) is 23.3 Å². The van der Waals surface area contributed by atoms with Crippen LogP contribution in [-0.4, -0.2) is 48.5 Å². The number of rotatable bonds is 13. The molecule has 0 spiro atoms. The Morgan fingerprint density at radius 1 is 0.833 bits per heavy atom. The van der Waals surface area contributed by atoms with Crippen LogP contribution in [0.2, 0.25) is 0 Å². The molecule has 42 heavy (non-hydrogen) atoms. The third-order valence-corrected chi connectivity index (χ3v) is 6.61. The lowest BCUT2D eigenvalue weighted by molar-refractivity contribution is -0.158. The van der Waals surface area contributed by atoms with Gasteiger partial charge >= 0.3 is 12.0 Å². The number of nitrogens with zero attached hydrogens (tertiary/aromatic N) is 2. The average Bonchev–Trinajstić information content (AvgIpc) is 3.00. The van der Waals surface area contributed by atoms with Crippen molar-refractivity contribution in [1.29, 1.82) is 0 Å². The molecule has 0 radical (unpaired) electrons. The fourth-order valence-electron chi connectivity index (χ4n) is 4.79. The number of methoxy groups -OCH3 is 3. The van der Waals surface area contributed by atoms with Crippen LogP contribution in [0.25, 0.3) is 0 Å². The van der Waals surface area contributed by atoms with E-state index in [0.29, 0.717) is 46.2 Å². The van der Waals surface area contributed by atoms with Gasteiger partial charge in [0.1, 0.15) is 0 Å². The molecule has 1 aromatic heterocycles. The first-order chi connectivity index (χ1) is 20.3. The van der Waals surface area contributed by atoms with Gasteiger partial charge in [0.15, 0.2) is 11.5 Å². The minimum atomic E-state index is -1.61. The van der Waals surface area contributed by atoms with Gasteiger partial charge in [-0.15, -0.1) is 0 Å². The Morgan fingerprint density at radius 3 is 1.81 bits per heavy atom. The third kappa shape index (κ3) is 6.46. The van der Waals surface area contributed by atoms with E-state index in [9.17, 15) is 9.90 Å². The highest BCUT2D eigenvalue weighted by atomic mass is 16.6. The number of aryl methyl sites for hydroxylation is 2. The molecule has 0 amide bonds. The smallest absolute Gasteiger partial charge is 0.350 e. The highest BCUT2D eigenvalue weighted by Crippen LogP contribution is 2.40. The van der Waals surface area contributed by atoms with E-state index < -0.39 is 17.7 Å². The maximum Gasteiger partial charge on any atom is 0.350 e. The van der Waals surface area contributed by atoms with Gasteiger partial charge in [0.25, 0.3) is 0 Å². The fourth-order valence-corrected chi connectivity index (χ4v) is 4.79. The van der Waals surface area contributed by atoms with Crippen LogP contribution in [0.15, 0.2) is 91.2 Å². The molecular formula is C33H34N2O7. The Balaban J connectivity index is 1.79. The number of ether oxygens (including phenoxy) is 5. The summed E-state index contributed by atoms with van der Waals surface area (Å²) in [7, 11) is 4.66. The lowest BCUT2D eigenvalue weighted by atomic mass is 9.81. The summed E-state index contributed by atoms with van der Waals surface area (Å²) in [5, 5.41) is 10.6. The van der Waals surface area contributed by atoms with Crippen LogP contribution in [-0.2, 0) is 21.6 Å². The molecule has 4 rings (SSSR count). The molecule has 1 N–H and O–H groups in total. The quantitative estimate of drug-likeness (QED) is 0.203. The molecule has 9 heteroatoms. The number of hydrogen-bond donors (Lipinski definition) is 1. The van der Waals surface area contributed by atoms with E-state index in [-0.39, 0.29) is 6.01 Å². The summed E-state index contributed by atoms with van der Waals surface area (Å²) >= 11 is 0. The predicted octanol–water partition coefficient (Wildman–Crippen LogP) is 5.67. The number of carbonyl (C=O) groups is 1. The Labute approximate surface area is 245 Å². The molecule has 0 saturated heterocycles. The molecule has 4 aromatic rings. The fraction of sp³-hybridized carbons (Fsp3) is 0.242. The Morgan fingerprint density at radius 2 is 1.36 bits per heavy atom. The zero-order chi connectivity index (χ0) is 30.1. The van der Waals surface area contributed by atoms with Crippen LogP contribution < -0.4 is 18.9 Å². The van der Waals surface area contributed by atoms with Crippen LogP contribution in [0.4, 0.5) is 0 Å². The van der Waals surface area contributed by atoms with E-state index in [4.69, 9.17) is 23.7 Å². The summed E-state index contributed by atoms with van der Waals surface area (Å²) in [5.74, 6) is 0.295. The summed E-state index contributed by atoms with van der Waals surface area (Å²) < 4.78 is 29.0. The summed E-state index contributed by atoms with van der Waals surface area (Å²) in [4.78, 5) is 21.7. The molecule has 0 bridgehead atoms. The van der Waals surface area contributed by atoms with Crippen molar-refractivity contribution in [3.05, 3.63) is 119 Å². The van der Waals surface area contributed by atoms with Gasteiger partial charge in [-0.2, -0.15) is 0 Å². The second kappa shape index (κ2) is 13.5. The monoisotopic (exact) mass is 570 g/mol. The highest BCUT2D eigenvalue weighted by molar-refractivity contribution is 5.76. The standard InChI is InChI=1S/C33H34N2O7/c1-22-19-23(2)35-32(34-22)42-30(31(36)37)33(25-14-8-6-9-15-25,26-16-10-7-11-17-26)41-18-12-13-24-20-27(38-3)29(40-5)28(21-24)39-4/h6-12,14-21,30H,13H2,1-5H3,(H,36,37)/b18-12-. The maximum atomic E-state index is 13.0. The van der Waals surface area contributed by atoms with Crippen molar-refractivity contribution < 1.29 is 33.6 Å². The van der Waals surface area contributed by atoms with Crippen LogP contribution in [0.1, 0.15) is 28.1 Å². The Kier molecular flexibility index (Phi) is 9.65. The molecule has 0 aliphatic rings. The van der Waals surface area contributed by atoms with E-state index in [0.717, 1.165) is 5.56 Å². The van der Waals surface area contributed by atoms with Gasteiger partial charge in [0, 0.05) is 22.5 Å². The molecule has 1 unspecified atom stereocenters. The summed E-state index contributed by atoms with van der Waals surface area (Å²) in [6, 6.07) is 23.6. The van der Waals surface area contributed by atoms with Crippen LogP contribution in [0.5, 0.6) is 23.3 Å². The first kappa shape index (κ1) is 29.9. The second-order valence-electron chi connectivity index (χ2n) is 9.46. The highest BCUT2D eigenvalue weighted by Gasteiger charge is 2.51. The minimum absolute atomic E-state index is 0.0545. The van der Waals surface area contributed by atoms with Crippen molar-refractivity contribution in [2.75, 3.05) is 21.3 Å². The first-order valence-corrected chi connectivity index (χ1v) is 13.3. The zero-order valence-electron chi connectivity index (χ0n) is 24.2. The molecular weight excluding hydrogens is 536 g/mol. The lowest BCUT2D eigenvalue weighted by Gasteiger charge is -2.38. The largest absolute Gasteiger partial charge is 0.493 e. The van der Waals surface area contributed by atoms with Crippen molar-refractivity contribution in [1.82, 2.24) is 9.97 Å². The summed E-state index contributed by atoms with van der Waals surface area (Å²) in [6.07, 6.45) is 2.14. The number of carboxylic acid groups (broad SMARTS) is 1. The van der Waals surface area contributed by atoms with Gasteiger partial charge in [0.05, 0.1) is 27.6 Å². The SMILES string of the molecule is COc1cc(C/C=C\OC(c2ccccc2)(c2ccccc2)C(Oc2nc(C)cc(C)n2)C(=O)O)cc(OC)c1OC. The van der Waals surface area contributed by atoms with E-state index in [1.54, 1.807) is 47.3 Å². The molecule has 0 saturated carbocycles. The molecule has 0 aliphatic heterocycles. The number of carboxylic acids is 1. The zero-order valence-corrected chi connectivity index (χ0v) is 24.2. The second-order valence-corrected chi connectivity index (χ2v) is 9.46. The summed E-state index contributed by atoms with van der Waals surface area (Å²) in [6.45, 7) is 3.59. The van der Waals surface area contributed by atoms with Gasteiger partial charge in [-0.05, 0) is 50.1 Å². The van der Waals surface area contributed by atoms with Gasteiger partial charge in [-0.3, -0.25) is 0 Å². The van der Waals surface area contributed by atoms with E-state index >= 15 is 0 Å².